The van der Waals surface area contributed by atoms with Crippen LogP contribution in [0.15, 0.2) is 24.3 Å². The molecule has 0 aliphatic heterocycles. The summed E-state index contributed by atoms with van der Waals surface area (Å²) in [5.41, 5.74) is 1.31. The number of benzene rings is 1. The van der Waals surface area contributed by atoms with Crippen molar-refractivity contribution in [2.24, 2.45) is 0 Å². The van der Waals surface area contributed by atoms with E-state index in [0.717, 1.165) is 0 Å². The van der Waals surface area contributed by atoms with Crippen LogP contribution in [0.5, 0.6) is 0 Å². The van der Waals surface area contributed by atoms with E-state index in [4.69, 9.17) is 0 Å². The average Bonchev–Trinajstić information content (AvgIpc) is 2.32. The molecule has 0 amide bonds. The van der Waals surface area contributed by atoms with E-state index in [-0.39, 0.29) is 11.1 Å². The molecule has 4 heteroatoms. The number of alkyl halides is 1. The lowest BCUT2D eigenvalue weighted by molar-refractivity contribution is -0.110. The van der Waals surface area contributed by atoms with E-state index in [1.54, 1.807) is 18.2 Å². The zero-order valence-electron chi connectivity index (χ0n) is 8.20. The third-order valence-corrected chi connectivity index (χ3v) is 2.91. The normalized spacial score (nSPS) is 13.8. The fraction of sp³-hybridized carbons (Fsp3) is 0.0833. The maximum atomic E-state index is 11.6. The molecule has 1 aliphatic rings. The first-order valence-electron chi connectivity index (χ1n) is 4.64. The lowest BCUT2D eigenvalue weighted by atomic mass is 9.90. The predicted molar refractivity (Wildman–Crippen MR) is 62.9 cm³/mol. The number of allylic oxidation sites excluding steroid dienone is 1. The molecule has 0 radical (unpaired) electrons. The second-order valence-electron chi connectivity index (χ2n) is 3.35. The van der Waals surface area contributed by atoms with Crippen molar-refractivity contribution in [1.29, 1.82) is 0 Å². The summed E-state index contributed by atoms with van der Waals surface area (Å²) in [6, 6.07) is 4.82. The van der Waals surface area contributed by atoms with Gasteiger partial charge in [-0.2, -0.15) is 0 Å². The van der Waals surface area contributed by atoms with Crippen molar-refractivity contribution in [2.75, 3.05) is 5.33 Å². The van der Waals surface area contributed by atoms with Gasteiger partial charge in [0.1, 0.15) is 0 Å². The topological polar surface area (TPSA) is 51.2 Å². The Kier molecular flexibility index (Phi) is 2.83. The first-order valence-corrected chi connectivity index (χ1v) is 5.76. The second-order valence-corrected chi connectivity index (χ2v) is 3.91. The zero-order chi connectivity index (χ0) is 11.7. The molecule has 2 rings (SSSR count). The van der Waals surface area contributed by atoms with Crippen LogP contribution in [0.3, 0.4) is 0 Å². The van der Waals surface area contributed by atoms with Gasteiger partial charge in [-0.25, -0.2) is 0 Å². The van der Waals surface area contributed by atoms with Crippen LogP contribution in [0.25, 0.3) is 6.08 Å². The maximum Gasteiger partial charge on any atom is 0.233 e. The number of halogens is 1. The standard InChI is InChI=1S/C12H7BrO3/c13-6-11(15)8-2-1-3-9-7(8)4-5-10(14)12(9)16/h1-5H,6H2. The molecule has 0 spiro atoms. The summed E-state index contributed by atoms with van der Waals surface area (Å²) in [5.74, 6) is -1.21. The Bertz CT molecular complexity index is 529. The molecule has 0 aromatic heterocycles. The fourth-order valence-electron chi connectivity index (χ4n) is 1.63. The van der Waals surface area contributed by atoms with Gasteiger partial charge in [-0.15, -0.1) is 0 Å². The molecule has 0 atom stereocenters. The van der Waals surface area contributed by atoms with Crippen LogP contribution < -0.4 is 0 Å². The summed E-state index contributed by atoms with van der Waals surface area (Å²) in [7, 11) is 0. The zero-order valence-corrected chi connectivity index (χ0v) is 9.78. The van der Waals surface area contributed by atoms with E-state index in [1.165, 1.54) is 12.2 Å². The third kappa shape index (κ3) is 1.65. The first kappa shape index (κ1) is 11.0. The Labute approximate surface area is 100 Å². The van der Waals surface area contributed by atoms with Crippen LogP contribution in [0.2, 0.25) is 0 Å². The molecule has 80 valence electrons. The molecule has 0 unspecified atom stereocenters. The molecular formula is C12H7BrO3. The van der Waals surface area contributed by atoms with E-state index < -0.39 is 11.6 Å². The van der Waals surface area contributed by atoms with E-state index in [1.807, 2.05) is 0 Å². The number of hydrogen-bond donors (Lipinski definition) is 0. The minimum atomic E-state index is -0.554. The Morgan fingerprint density at radius 1 is 1.19 bits per heavy atom. The highest BCUT2D eigenvalue weighted by atomic mass is 79.9. The summed E-state index contributed by atoms with van der Waals surface area (Å²) < 4.78 is 0. The molecule has 1 aromatic rings. The van der Waals surface area contributed by atoms with Crippen LogP contribution in [0.1, 0.15) is 26.3 Å². The Hall–Kier alpha value is -1.55. The van der Waals surface area contributed by atoms with Crippen LogP contribution >= 0.6 is 15.9 Å². The van der Waals surface area contributed by atoms with Crippen LogP contribution in [-0.2, 0) is 4.79 Å². The van der Waals surface area contributed by atoms with Gasteiger partial charge >= 0.3 is 0 Å². The number of rotatable bonds is 2. The molecule has 1 aromatic carbocycles. The second kappa shape index (κ2) is 4.14. The number of ketones is 3. The van der Waals surface area contributed by atoms with E-state index in [0.29, 0.717) is 16.7 Å². The van der Waals surface area contributed by atoms with Gasteiger partial charge in [0.2, 0.25) is 11.6 Å². The Morgan fingerprint density at radius 2 is 1.94 bits per heavy atom. The number of carbonyl (C=O) groups excluding carboxylic acids is 3. The molecule has 0 saturated heterocycles. The van der Waals surface area contributed by atoms with Crippen molar-refractivity contribution in [3.63, 3.8) is 0 Å². The van der Waals surface area contributed by atoms with E-state index >= 15 is 0 Å². The fourth-order valence-corrected chi connectivity index (χ4v) is 1.93. The number of fused-ring (bicyclic) bond motifs is 1. The van der Waals surface area contributed by atoms with Gasteiger partial charge in [0.15, 0.2) is 5.78 Å². The average molecular weight is 279 g/mol. The molecule has 16 heavy (non-hydrogen) atoms. The van der Waals surface area contributed by atoms with Gasteiger partial charge in [-0.3, -0.25) is 14.4 Å². The minimum absolute atomic E-state index is 0.108. The number of hydrogen-bond acceptors (Lipinski definition) is 3. The van der Waals surface area contributed by atoms with Crippen molar-refractivity contribution in [3.8, 4) is 0 Å². The predicted octanol–water partition coefficient (Wildman–Crippen LogP) is 2.04. The maximum absolute atomic E-state index is 11.6. The lowest BCUT2D eigenvalue weighted by Crippen LogP contribution is -2.18. The largest absolute Gasteiger partial charge is 0.293 e. The van der Waals surface area contributed by atoms with Crippen molar-refractivity contribution in [1.82, 2.24) is 0 Å². The van der Waals surface area contributed by atoms with Gasteiger partial charge in [0, 0.05) is 11.1 Å². The first-order chi connectivity index (χ1) is 7.65. The summed E-state index contributed by atoms with van der Waals surface area (Å²) in [6.07, 6.45) is 2.73. The van der Waals surface area contributed by atoms with Crippen molar-refractivity contribution < 1.29 is 14.4 Å². The van der Waals surface area contributed by atoms with Crippen molar-refractivity contribution in [3.05, 3.63) is 41.0 Å². The summed E-state index contributed by atoms with van der Waals surface area (Å²) in [4.78, 5) is 34.3. The summed E-state index contributed by atoms with van der Waals surface area (Å²) in [5, 5.41) is 0.194. The minimum Gasteiger partial charge on any atom is -0.293 e. The van der Waals surface area contributed by atoms with Crippen molar-refractivity contribution in [2.45, 2.75) is 0 Å². The quantitative estimate of drug-likeness (QED) is 0.473. The molecule has 0 fully saturated rings. The number of Topliss-reactive ketones (excluding diaryl/α,β-unsaturated/α-hetero) is 2. The van der Waals surface area contributed by atoms with E-state index in [9.17, 15) is 14.4 Å². The highest BCUT2D eigenvalue weighted by Crippen LogP contribution is 2.22. The lowest BCUT2D eigenvalue weighted by Gasteiger charge is -2.11. The molecule has 3 nitrogen and oxygen atoms in total. The van der Waals surface area contributed by atoms with Gasteiger partial charge in [0.25, 0.3) is 0 Å². The molecule has 0 bridgehead atoms. The summed E-state index contributed by atoms with van der Waals surface area (Å²) in [6.45, 7) is 0. The monoisotopic (exact) mass is 278 g/mol. The van der Waals surface area contributed by atoms with E-state index in [2.05, 4.69) is 15.9 Å². The Morgan fingerprint density at radius 3 is 2.62 bits per heavy atom. The van der Waals surface area contributed by atoms with Gasteiger partial charge in [-0.05, 0) is 17.7 Å². The molecule has 0 saturated carbocycles. The molecule has 0 N–H and O–H groups in total. The van der Waals surface area contributed by atoms with Gasteiger partial charge < -0.3 is 0 Å². The molecule has 1 aliphatic carbocycles. The number of carbonyl (C=O) groups is 3. The highest BCUT2D eigenvalue weighted by Gasteiger charge is 2.23. The smallest absolute Gasteiger partial charge is 0.233 e. The third-order valence-electron chi connectivity index (χ3n) is 2.40. The molecule has 0 heterocycles. The highest BCUT2D eigenvalue weighted by molar-refractivity contribution is 9.09. The van der Waals surface area contributed by atoms with Crippen LogP contribution in [0.4, 0.5) is 0 Å². The summed E-state index contributed by atoms with van der Waals surface area (Å²) >= 11 is 3.08. The van der Waals surface area contributed by atoms with Gasteiger partial charge in [-0.1, -0.05) is 34.1 Å². The van der Waals surface area contributed by atoms with Crippen LogP contribution in [0, 0.1) is 0 Å². The van der Waals surface area contributed by atoms with Crippen LogP contribution in [-0.4, -0.2) is 22.7 Å². The van der Waals surface area contributed by atoms with Crippen molar-refractivity contribution >= 4 is 39.4 Å². The SMILES string of the molecule is O=C1C=Cc2c(C(=O)CBr)cccc2C1=O. The van der Waals surface area contributed by atoms with Gasteiger partial charge in [0.05, 0.1) is 5.33 Å². The molecular weight excluding hydrogens is 272 g/mol. The Balaban J connectivity index is 2.64.